The van der Waals surface area contributed by atoms with Crippen LogP contribution < -0.4 is 5.73 Å². The predicted octanol–water partition coefficient (Wildman–Crippen LogP) is 0.0686. The summed E-state index contributed by atoms with van der Waals surface area (Å²) in [6.45, 7) is 0.916. The fourth-order valence-electron chi connectivity index (χ4n) is 1.56. The van der Waals surface area contributed by atoms with Gasteiger partial charge in [-0.2, -0.15) is 0 Å². The lowest BCUT2D eigenvalue weighted by molar-refractivity contribution is 0.0735. The molecule has 1 aromatic rings. The van der Waals surface area contributed by atoms with Gasteiger partial charge in [0.2, 0.25) is 5.76 Å². The standard InChI is InChI=1S/C9H12N2O3/c10-7-2-4-14-8(7)9(13)11-3-1-6(12)5-11/h2,4,6,12H,1,3,5,10H2/t6-/m0/s1. The van der Waals surface area contributed by atoms with E-state index in [9.17, 15) is 9.90 Å². The second-order valence-electron chi connectivity index (χ2n) is 3.40. The summed E-state index contributed by atoms with van der Waals surface area (Å²) in [5, 5.41) is 9.26. The first-order valence-corrected chi connectivity index (χ1v) is 4.49. The van der Waals surface area contributed by atoms with E-state index in [-0.39, 0.29) is 11.7 Å². The van der Waals surface area contributed by atoms with Gasteiger partial charge in [0, 0.05) is 19.2 Å². The van der Waals surface area contributed by atoms with Crippen LogP contribution >= 0.6 is 0 Å². The molecule has 2 heterocycles. The van der Waals surface area contributed by atoms with Crippen molar-refractivity contribution in [3.8, 4) is 0 Å². The average Bonchev–Trinajstić information content (AvgIpc) is 2.73. The Labute approximate surface area is 81.1 Å². The van der Waals surface area contributed by atoms with Crippen LogP contribution in [0.2, 0.25) is 0 Å². The van der Waals surface area contributed by atoms with E-state index in [1.807, 2.05) is 0 Å². The molecule has 1 aromatic heterocycles. The molecule has 76 valence electrons. The molecule has 1 aliphatic heterocycles. The lowest BCUT2D eigenvalue weighted by Gasteiger charge is -2.13. The molecule has 1 amide bonds. The Morgan fingerprint density at radius 2 is 2.50 bits per heavy atom. The normalized spacial score (nSPS) is 21.5. The lowest BCUT2D eigenvalue weighted by atomic mass is 10.3. The number of rotatable bonds is 1. The van der Waals surface area contributed by atoms with Gasteiger partial charge in [-0.25, -0.2) is 0 Å². The number of carbonyl (C=O) groups excluding carboxylic acids is 1. The summed E-state index contributed by atoms with van der Waals surface area (Å²) < 4.78 is 4.98. The number of hydrogen-bond acceptors (Lipinski definition) is 4. The molecule has 5 heteroatoms. The number of aliphatic hydroxyl groups excluding tert-OH is 1. The highest BCUT2D eigenvalue weighted by molar-refractivity contribution is 5.96. The van der Waals surface area contributed by atoms with Crippen LogP contribution in [-0.2, 0) is 0 Å². The molecule has 0 bridgehead atoms. The van der Waals surface area contributed by atoms with Crippen LogP contribution in [0.25, 0.3) is 0 Å². The predicted molar refractivity (Wildman–Crippen MR) is 49.6 cm³/mol. The van der Waals surface area contributed by atoms with Crippen molar-refractivity contribution in [2.45, 2.75) is 12.5 Å². The number of furan rings is 1. The van der Waals surface area contributed by atoms with Crippen molar-refractivity contribution in [3.05, 3.63) is 18.1 Å². The zero-order valence-electron chi connectivity index (χ0n) is 7.64. The van der Waals surface area contributed by atoms with Crippen molar-refractivity contribution in [1.82, 2.24) is 4.90 Å². The third-order valence-corrected chi connectivity index (χ3v) is 2.34. The molecule has 5 nitrogen and oxygen atoms in total. The number of aliphatic hydroxyl groups is 1. The molecule has 0 aromatic carbocycles. The first-order valence-electron chi connectivity index (χ1n) is 4.49. The van der Waals surface area contributed by atoms with Crippen LogP contribution in [0.4, 0.5) is 5.69 Å². The van der Waals surface area contributed by atoms with E-state index in [4.69, 9.17) is 10.2 Å². The van der Waals surface area contributed by atoms with Crippen molar-refractivity contribution < 1.29 is 14.3 Å². The third-order valence-electron chi connectivity index (χ3n) is 2.34. The molecule has 0 spiro atoms. The van der Waals surface area contributed by atoms with Gasteiger partial charge in [0.15, 0.2) is 0 Å². The Morgan fingerprint density at radius 1 is 1.71 bits per heavy atom. The van der Waals surface area contributed by atoms with Gasteiger partial charge >= 0.3 is 0 Å². The highest BCUT2D eigenvalue weighted by Crippen LogP contribution is 2.18. The minimum atomic E-state index is -0.421. The number of nitrogen functional groups attached to an aromatic ring is 1. The second kappa shape index (κ2) is 3.34. The zero-order valence-corrected chi connectivity index (χ0v) is 7.64. The van der Waals surface area contributed by atoms with Crippen molar-refractivity contribution in [3.63, 3.8) is 0 Å². The average molecular weight is 196 g/mol. The molecule has 0 radical (unpaired) electrons. The summed E-state index contributed by atoms with van der Waals surface area (Å²) in [5.41, 5.74) is 5.88. The lowest BCUT2D eigenvalue weighted by Crippen LogP contribution is -2.29. The number of β-amino-alcohol motifs (C(OH)–C–C–N with tert-alkyl or cyclic N) is 1. The van der Waals surface area contributed by atoms with Gasteiger partial charge in [0.1, 0.15) is 0 Å². The molecular formula is C9H12N2O3. The maximum absolute atomic E-state index is 11.7. The fourth-order valence-corrected chi connectivity index (χ4v) is 1.56. The van der Waals surface area contributed by atoms with E-state index in [1.165, 1.54) is 6.26 Å². The smallest absolute Gasteiger partial charge is 0.291 e. The Morgan fingerprint density at radius 3 is 3.00 bits per heavy atom. The van der Waals surface area contributed by atoms with Gasteiger partial charge < -0.3 is 20.2 Å². The summed E-state index contributed by atoms with van der Waals surface area (Å²) in [6.07, 6.45) is 1.58. The summed E-state index contributed by atoms with van der Waals surface area (Å²) in [7, 11) is 0. The number of anilines is 1. The third kappa shape index (κ3) is 1.46. The van der Waals surface area contributed by atoms with Crippen molar-refractivity contribution in [1.29, 1.82) is 0 Å². The first kappa shape index (κ1) is 9.08. The van der Waals surface area contributed by atoms with E-state index in [0.717, 1.165) is 0 Å². The quantitative estimate of drug-likeness (QED) is 0.666. The Hall–Kier alpha value is -1.49. The SMILES string of the molecule is Nc1ccoc1C(=O)N1CC[C@H](O)C1. The molecule has 3 N–H and O–H groups in total. The largest absolute Gasteiger partial charge is 0.457 e. The van der Waals surface area contributed by atoms with E-state index >= 15 is 0 Å². The minimum absolute atomic E-state index is 0.166. The van der Waals surface area contributed by atoms with Crippen LogP contribution in [0.5, 0.6) is 0 Å². The maximum atomic E-state index is 11.7. The van der Waals surface area contributed by atoms with Crippen LogP contribution in [-0.4, -0.2) is 35.1 Å². The molecule has 14 heavy (non-hydrogen) atoms. The van der Waals surface area contributed by atoms with Crippen LogP contribution in [0.1, 0.15) is 17.0 Å². The summed E-state index contributed by atoms with van der Waals surface area (Å²) in [4.78, 5) is 13.3. The highest BCUT2D eigenvalue weighted by Gasteiger charge is 2.28. The molecule has 0 aliphatic carbocycles. The number of amides is 1. The summed E-state index contributed by atoms with van der Waals surface area (Å²) >= 11 is 0. The fraction of sp³-hybridized carbons (Fsp3) is 0.444. The maximum Gasteiger partial charge on any atom is 0.291 e. The van der Waals surface area contributed by atoms with Gasteiger partial charge in [0.05, 0.1) is 18.1 Å². The number of hydrogen-bond donors (Lipinski definition) is 2. The van der Waals surface area contributed by atoms with Crippen LogP contribution in [0.15, 0.2) is 16.7 Å². The zero-order chi connectivity index (χ0) is 10.1. The van der Waals surface area contributed by atoms with Crippen LogP contribution in [0.3, 0.4) is 0 Å². The second-order valence-corrected chi connectivity index (χ2v) is 3.40. The highest BCUT2D eigenvalue weighted by atomic mass is 16.3. The van der Waals surface area contributed by atoms with Crippen molar-refractivity contribution >= 4 is 11.6 Å². The van der Waals surface area contributed by atoms with Gasteiger partial charge in [-0.3, -0.25) is 4.79 Å². The Kier molecular flexibility index (Phi) is 2.17. The van der Waals surface area contributed by atoms with Gasteiger partial charge in [-0.05, 0) is 6.42 Å². The molecule has 0 unspecified atom stereocenters. The van der Waals surface area contributed by atoms with E-state index < -0.39 is 6.10 Å². The van der Waals surface area contributed by atoms with Crippen LogP contribution in [0, 0.1) is 0 Å². The molecule has 1 aliphatic rings. The number of likely N-dealkylation sites (tertiary alicyclic amines) is 1. The van der Waals surface area contributed by atoms with E-state index in [0.29, 0.717) is 25.2 Å². The van der Waals surface area contributed by atoms with E-state index in [1.54, 1.807) is 11.0 Å². The molecular weight excluding hydrogens is 184 g/mol. The Balaban J connectivity index is 2.13. The van der Waals surface area contributed by atoms with Crippen molar-refractivity contribution in [2.24, 2.45) is 0 Å². The molecule has 1 saturated heterocycles. The van der Waals surface area contributed by atoms with E-state index in [2.05, 4.69) is 0 Å². The van der Waals surface area contributed by atoms with Gasteiger partial charge in [0.25, 0.3) is 5.91 Å². The number of carbonyl (C=O) groups is 1. The number of nitrogens with zero attached hydrogens (tertiary/aromatic N) is 1. The summed E-state index contributed by atoms with van der Waals surface area (Å²) in [6, 6.07) is 1.54. The Bertz CT molecular complexity index is 348. The van der Waals surface area contributed by atoms with Gasteiger partial charge in [-0.15, -0.1) is 0 Å². The molecule has 1 fully saturated rings. The number of nitrogens with two attached hydrogens (primary N) is 1. The molecule has 1 atom stereocenters. The first-order chi connectivity index (χ1) is 6.68. The molecule has 2 rings (SSSR count). The monoisotopic (exact) mass is 196 g/mol. The molecule has 0 saturated carbocycles. The van der Waals surface area contributed by atoms with Gasteiger partial charge in [-0.1, -0.05) is 0 Å². The topological polar surface area (TPSA) is 79.7 Å². The summed E-state index contributed by atoms with van der Waals surface area (Å²) in [5.74, 6) is -0.0804. The van der Waals surface area contributed by atoms with Crippen molar-refractivity contribution in [2.75, 3.05) is 18.8 Å². The minimum Gasteiger partial charge on any atom is -0.457 e.